The van der Waals surface area contributed by atoms with Crippen molar-refractivity contribution in [3.63, 3.8) is 0 Å². The molecule has 7 heteroatoms. The zero-order valence-corrected chi connectivity index (χ0v) is 17.2. The number of aromatic nitrogens is 1. The minimum atomic E-state index is -0.0670. The molecule has 1 aromatic carbocycles. The van der Waals surface area contributed by atoms with E-state index in [1.807, 2.05) is 48.7 Å². The van der Waals surface area contributed by atoms with E-state index in [4.69, 9.17) is 16.3 Å². The van der Waals surface area contributed by atoms with Gasteiger partial charge in [-0.25, -0.2) is 9.78 Å². The van der Waals surface area contributed by atoms with Gasteiger partial charge in [0.2, 0.25) is 0 Å². The van der Waals surface area contributed by atoms with Crippen molar-refractivity contribution in [3.8, 4) is 5.75 Å². The molecule has 0 saturated carbocycles. The Labute approximate surface area is 168 Å². The number of carbonyl (C=O) groups is 1. The molecular weight excluding hydrogens is 382 g/mol. The van der Waals surface area contributed by atoms with Crippen LogP contribution in [0.3, 0.4) is 0 Å². The van der Waals surface area contributed by atoms with Crippen molar-refractivity contribution >= 4 is 39.9 Å². The summed E-state index contributed by atoms with van der Waals surface area (Å²) in [7, 11) is 3.50. The van der Waals surface area contributed by atoms with Crippen molar-refractivity contribution in [2.75, 3.05) is 20.7 Å². The van der Waals surface area contributed by atoms with Crippen molar-refractivity contribution in [2.45, 2.75) is 20.0 Å². The molecular formula is C20H22ClN3O2S. The number of thiophene rings is 1. The summed E-state index contributed by atoms with van der Waals surface area (Å²) in [6, 6.07) is 11.6. The quantitative estimate of drug-likeness (QED) is 0.542. The van der Waals surface area contributed by atoms with E-state index < -0.39 is 0 Å². The number of nitrogens with zero attached hydrogens (tertiary/aromatic N) is 3. The van der Waals surface area contributed by atoms with Gasteiger partial charge >= 0.3 is 6.03 Å². The number of carbonyl (C=O) groups excluding carboxylic acids is 1. The van der Waals surface area contributed by atoms with Gasteiger partial charge in [0, 0.05) is 29.9 Å². The van der Waals surface area contributed by atoms with Crippen LogP contribution in [0, 0.1) is 0 Å². The topological polar surface area (TPSA) is 45.7 Å². The third-order valence-corrected chi connectivity index (χ3v) is 5.25. The lowest BCUT2D eigenvalue weighted by molar-refractivity contribution is 0.166. The fraction of sp³-hybridized carbons (Fsp3) is 0.300. The zero-order valence-electron chi connectivity index (χ0n) is 15.6. The van der Waals surface area contributed by atoms with Gasteiger partial charge in [-0.15, -0.1) is 11.3 Å². The number of hydrogen-bond acceptors (Lipinski definition) is 4. The largest absolute Gasteiger partial charge is 0.494 e. The van der Waals surface area contributed by atoms with Crippen LogP contribution in [-0.4, -0.2) is 41.5 Å². The maximum atomic E-state index is 12.7. The van der Waals surface area contributed by atoms with Crippen molar-refractivity contribution in [1.82, 2.24) is 14.8 Å². The summed E-state index contributed by atoms with van der Waals surface area (Å²) in [6.07, 6.45) is 0. The normalized spacial score (nSPS) is 10.8. The molecule has 0 aliphatic rings. The molecule has 0 aliphatic carbocycles. The summed E-state index contributed by atoms with van der Waals surface area (Å²) in [5.74, 6) is 0.792. The summed E-state index contributed by atoms with van der Waals surface area (Å²) >= 11 is 8.05. The van der Waals surface area contributed by atoms with Gasteiger partial charge in [0.05, 0.1) is 25.2 Å². The highest BCUT2D eigenvalue weighted by Gasteiger charge is 2.19. The molecule has 3 rings (SSSR count). The van der Waals surface area contributed by atoms with Crippen molar-refractivity contribution in [3.05, 3.63) is 57.4 Å². The molecule has 142 valence electrons. The first-order chi connectivity index (χ1) is 13.0. The fourth-order valence-corrected chi connectivity index (χ4v) is 3.74. The van der Waals surface area contributed by atoms with Crippen molar-refractivity contribution in [2.24, 2.45) is 0 Å². The molecule has 5 nitrogen and oxygen atoms in total. The van der Waals surface area contributed by atoms with Crippen LogP contribution in [0.4, 0.5) is 4.79 Å². The number of halogens is 1. The number of fused-ring (bicyclic) bond motifs is 1. The first-order valence-corrected chi connectivity index (χ1v) is 9.94. The lowest BCUT2D eigenvalue weighted by Gasteiger charge is -2.26. The van der Waals surface area contributed by atoms with Crippen LogP contribution in [0.1, 0.15) is 17.4 Å². The molecule has 0 unspecified atom stereocenters. The van der Waals surface area contributed by atoms with Crippen LogP contribution in [0.5, 0.6) is 5.75 Å². The average Bonchev–Trinajstić information content (AvgIpc) is 3.14. The summed E-state index contributed by atoms with van der Waals surface area (Å²) in [6.45, 7) is 3.47. The molecule has 0 spiro atoms. The highest BCUT2D eigenvalue weighted by molar-refractivity contribution is 7.09. The number of hydrogen-bond donors (Lipinski definition) is 0. The summed E-state index contributed by atoms with van der Waals surface area (Å²) < 4.78 is 5.57. The van der Waals surface area contributed by atoms with E-state index in [1.54, 1.807) is 35.2 Å². The Morgan fingerprint density at radius 3 is 2.70 bits per heavy atom. The monoisotopic (exact) mass is 403 g/mol. The van der Waals surface area contributed by atoms with Gasteiger partial charge in [-0.1, -0.05) is 17.7 Å². The van der Waals surface area contributed by atoms with E-state index >= 15 is 0 Å². The number of amides is 2. The van der Waals surface area contributed by atoms with E-state index in [-0.39, 0.29) is 6.03 Å². The molecule has 0 fully saturated rings. The van der Waals surface area contributed by atoms with E-state index in [0.717, 1.165) is 27.1 Å². The minimum Gasteiger partial charge on any atom is -0.494 e. The van der Waals surface area contributed by atoms with Gasteiger partial charge in [0.15, 0.2) is 0 Å². The molecule has 0 N–H and O–H groups in total. The Morgan fingerprint density at radius 2 is 2.04 bits per heavy atom. The third-order valence-electron chi connectivity index (χ3n) is 4.06. The number of benzene rings is 1. The van der Waals surface area contributed by atoms with E-state index in [0.29, 0.717) is 24.8 Å². The van der Waals surface area contributed by atoms with Crippen LogP contribution >= 0.6 is 22.9 Å². The van der Waals surface area contributed by atoms with Gasteiger partial charge in [-0.3, -0.25) is 0 Å². The van der Waals surface area contributed by atoms with Crippen LogP contribution in [0.25, 0.3) is 10.9 Å². The lowest BCUT2D eigenvalue weighted by atomic mass is 10.1. The Bertz CT molecular complexity index is 928. The molecule has 0 radical (unpaired) electrons. The van der Waals surface area contributed by atoms with Crippen molar-refractivity contribution < 1.29 is 9.53 Å². The van der Waals surface area contributed by atoms with E-state index in [2.05, 4.69) is 4.98 Å². The highest BCUT2D eigenvalue weighted by atomic mass is 35.5. The standard InChI is InChI=1S/C20H22ClN3O2S/c1-4-26-16-7-8-18-14(11-16)10-15(19(21)22-18)12-24(20(25)23(2)3)13-17-6-5-9-27-17/h5-11H,4,12-13H2,1-3H3. The Balaban J connectivity index is 1.92. The second-order valence-electron chi connectivity index (χ2n) is 6.34. The maximum absolute atomic E-state index is 12.7. The maximum Gasteiger partial charge on any atom is 0.320 e. The molecule has 0 saturated heterocycles. The van der Waals surface area contributed by atoms with Crippen molar-refractivity contribution in [1.29, 1.82) is 0 Å². The first-order valence-electron chi connectivity index (χ1n) is 8.68. The van der Waals surface area contributed by atoms with Gasteiger partial charge in [-0.05, 0) is 42.6 Å². The highest BCUT2D eigenvalue weighted by Crippen LogP contribution is 2.26. The van der Waals surface area contributed by atoms with Gasteiger partial charge < -0.3 is 14.5 Å². The summed E-state index contributed by atoms with van der Waals surface area (Å²) in [5.41, 5.74) is 1.61. The predicted molar refractivity (Wildman–Crippen MR) is 111 cm³/mol. The Hall–Kier alpha value is -2.31. The zero-order chi connectivity index (χ0) is 19.4. The molecule has 0 atom stereocenters. The SMILES string of the molecule is CCOc1ccc2nc(Cl)c(CN(Cc3cccs3)C(=O)N(C)C)cc2c1. The number of rotatable bonds is 6. The smallest absolute Gasteiger partial charge is 0.320 e. The van der Waals surface area contributed by atoms with E-state index in [1.165, 1.54) is 0 Å². The minimum absolute atomic E-state index is 0.0670. The first kappa shape index (κ1) is 19.5. The predicted octanol–water partition coefficient (Wildman–Crippen LogP) is 5.03. The second kappa shape index (κ2) is 8.59. The fourth-order valence-electron chi connectivity index (χ4n) is 2.81. The molecule has 2 aromatic heterocycles. The molecule has 27 heavy (non-hydrogen) atoms. The number of ether oxygens (including phenoxy) is 1. The Morgan fingerprint density at radius 1 is 1.22 bits per heavy atom. The summed E-state index contributed by atoms with van der Waals surface area (Å²) in [5, 5.41) is 3.36. The molecule has 0 aliphatic heterocycles. The number of urea groups is 1. The van der Waals surface area contributed by atoms with Gasteiger partial charge in [-0.2, -0.15) is 0 Å². The number of pyridine rings is 1. The lowest BCUT2D eigenvalue weighted by Crippen LogP contribution is -2.38. The van der Waals surface area contributed by atoms with Gasteiger partial charge in [0.25, 0.3) is 0 Å². The van der Waals surface area contributed by atoms with Crippen LogP contribution < -0.4 is 4.74 Å². The second-order valence-corrected chi connectivity index (χ2v) is 7.73. The molecule has 2 amide bonds. The summed E-state index contributed by atoms with van der Waals surface area (Å²) in [4.78, 5) is 21.6. The van der Waals surface area contributed by atoms with Crippen LogP contribution in [0.2, 0.25) is 5.15 Å². The molecule has 2 heterocycles. The van der Waals surface area contributed by atoms with Crippen LogP contribution in [-0.2, 0) is 13.1 Å². The van der Waals surface area contributed by atoms with Crippen LogP contribution in [0.15, 0.2) is 41.8 Å². The molecule has 3 aromatic rings. The van der Waals surface area contributed by atoms with E-state index in [9.17, 15) is 4.79 Å². The van der Waals surface area contributed by atoms with Gasteiger partial charge in [0.1, 0.15) is 10.9 Å². The Kier molecular flexibility index (Phi) is 6.19. The average molecular weight is 404 g/mol. The third kappa shape index (κ3) is 4.70. The molecule has 0 bridgehead atoms.